The van der Waals surface area contributed by atoms with Crippen molar-refractivity contribution in [1.82, 2.24) is 9.88 Å². The van der Waals surface area contributed by atoms with Crippen LogP contribution < -0.4 is 9.64 Å². The molecule has 0 aliphatic rings. The molecule has 2 aromatic carbocycles. The van der Waals surface area contributed by atoms with Gasteiger partial charge in [-0.15, -0.1) is 0 Å². The summed E-state index contributed by atoms with van der Waals surface area (Å²) in [6.07, 6.45) is 1.25. The van der Waals surface area contributed by atoms with Gasteiger partial charge in [0.05, 0.1) is 23.2 Å². The average molecular weight is 412 g/mol. The molecule has 0 saturated carbocycles. The Morgan fingerprint density at radius 2 is 1.86 bits per heavy atom. The number of ether oxygens (including phenoxy) is 1. The number of carbonyl (C=O) groups excluding carboxylic acids is 1. The molecule has 0 N–H and O–H groups in total. The Labute approximate surface area is 176 Å². The number of benzene rings is 2. The third-order valence-corrected chi connectivity index (χ3v) is 5.76. The van der Waals surface area contributed by atoms with Gasteiger partial charge in [0.2, 0.25) is 5.91 Å². The van der Waals surface area contributed by atoms with Gasteiger partial charge in [-0.25, -0.2) is 4.98 Å². The molecule has 0 bridgehead atoms. The number of para-hydroxylation sites is 1. The van der Waals surface area contributed by atoms with Crippen molar-refractivity contribution >= 4 is 32.6 Å². The summed E-state index contributed by atoms with van der Waals surface area (Å²) in [7, 11) is 4.10. The van der Waals surface area contributed by atoms with Crippen LogP contribution in [0.2, 0.25) is 0 Å². The highest BCUT2D eigenvalue weighted by Gasteiger charge is 2.20. The van der Waals surface area contributed by atoms with Crippen molar-refractivity contribution in [3.05, 3.63) is 53.6 Å². The molecule has 1 heterocycles. The van der Waals surface area contributed by atoms with E-state index in [-0.39, 0.29) is 5.91 Å². The van der Waals surface area contributed by atoms with Gasteiger partial charge < -0.3 is 9.64 Å². The van der Waals surface area contributed by atoms with Crippen LogP contribution in [0.15, 0.2) is 42.5 Å². The van der Waals surface area contributed by atoms with E-state index in [2.05, 4.69) is 24.0 Å². The highest BCUT2D eigenvalue weighted by Crippen LogP contribution is 2.31. The number of aryl methyl sites for hydroxylation is 1. The van der Waals surface area contributed by atoms with Crippen molar-refractivity contribution in [1.29, 1.82) is 0 Å². The van der Waals surface area contributed by atoms with Gasteiger partial charge in [-0.05, 0) is 70.2 Å². The summed E-state index contributed by atoms with van der Waals surface area (Å²) in [6.45, 7) is 6.24. The number of thiazole rings is 1. The number of hydrogen-bond acceptors (Lipinski definition) is 5. The van der Waals surface area contributed by atoms with Crippen LogP contribution in [0.25, 0.3) is 10.2 Å². The van der Waals surface area contributed by atoms with Crippen LogP contribution in [-0.4, -0.2) is 49.6 Å². The van der Waals surface area contributed by atoms with Crippen LogP contribution >= 0.6 is 11.3 Å². The zero-order chi connectivity index (χ0) is 20.8. The van der Waals surface area contributed by atoms with Crippen LogP contribution in [0.4, 0.5) is 5.13 Å². The first-order chi connectivity index (χ1) is 14.0. The molecule has 1 amide bonds. The quantitative estimate of drug-likeness (QED) is 0.519. The maximum atomic E-state index is 13.2. The number of hydrogen-bond donors (Lipinski definition) is 0. The fourth-order valence-electron chi connectivity index (χ4n) is 3.20. The lowest BCUT2D eigenvalue weighted by molar-refractivity contribution is -0.118. The van der Waals surface area contributed by atoms with Crippen LogP contribution in [0.5, 0.6) is 5.75 Å². The van der Waals surface area contributed by atoms with E-state index in [9.17, 15) is 4.79 Å². The normalized spacial score (nSPS) is 11.2. The first-order valence-electron chi connectivity index (χ1n) is 10.0. The number of amides is 1. The first-order valence-corrected chi connectivity index (χ1v) is 10.8. The molecule has 154 valence electrons. The highest BCUT2D eigenvalue weighted by molar-refractivity contribution is 7.22. The number of fused-ring (bicyclic) bond motifs is 1. The molecule has 3 rings (SSSR count). The van der Waals surface area contributed by atoms with E-state index >= 15 is 0 Å². The zero-order valence-corrected chi connectivity index (χ0v) is 18.5. The van der Waals surface area contributed by atoms with Gasteiger partial charge >= 0.3 is 0 Å². The van der Waals surface area contributed by atoms with Crippen LogP contribution in [-0.2, 0) is 11.2 Å². The van der Waals surface area contributed by atoms with E-state index in [1.54, 1.807) is 11.3 Å². The molecular weight excluding hydrogens is 382 g/mol. The Morgan fingerprint density at radius 3 is 2.52 bits per heavy atom. The Kier molecular flexibility index (Phi) is 7.23. The fraction of sp³-hybridized carbons (Fsp3) is 0.391. The Balaban J connectivity index is 1.81. The van der Waals surface area contributed by atoms with E-state index in [0.29, 0.717) is 19.6 Å². The smallest absolute Gasteiger partial charge is 0.233 e. The third kappa shape index (κ3) is 5.55. The Hall–Kier alpha value is -2.44. The van der Waals surface area contributed by atoms with Crippen molar-refractivity contribution in [2.75, 3.05) is 38.7 Å². The Bertz CT molecular complexity index is 950. The second kappa shape index (κ2) is 9.85. The predicted molar refractivity (Wildman–Crippen MR) is 121 cm³/mol. The van der Waals surface area contributed by atoms with Crippen LogP contribution in [0, 0.1) is 6.92 Å². The summed E-state index contributed by atoms with van der Waals surface area (Å²) in [6, 6.07) is 13.9. The van der Waals surface area contributed by atoms with Gasteiger partial charge in [0.25, 0.3) is 0 Å². The van der Waals surface area contributed by atoms with Crippen molar-refractivity contribution in [3.63, 3.8) is 0 Å². The van der Waals surface area contributed by atoms with E-state index < -0.39 is 0 Å². The van der Waals surface area contributed by atoms with Gasteiger partial charge in [-0.2, -0.15) is 0 Å². The van der Waals surface area contributed by atoms with Crippen LogP contribution in [0.3, 0.4) is 0 Å². The second-order valence-corrected chi connectivity index (χ2v) is 8.38. The molecular formula is C23H29N3O2S. The number of rotatable bonds is 9. The fourth-order valence-corrected chi connectivity index (χ4v) is 4.29. The van der Waals surface area contributed by atoms with Crippen molar-refractivity contribution in [3.8, 4) is 5.75 Å². The molecule has 0 saturated heterocycles. The summed E-state index contributed by atoms with van der Waals surface area (Å²) in [5.74, 6) is 0.901. The number of carbonyl (C=O) groups is 1. The monoisotopic (exact) mass is 411 g/mol. The summed E-state index contributed by atoms with van der Waals surface area (Å²) < 4.78 is 6.61. The molecule has 0 unspecified atom stereocenters. The summed E-state index contributed by atoms with van der Waals surface area (Å²) in [5, 5.41) is 0.781. The summed E-state index contributed by atoms with van der Waals surface area (Å²) >= 11 is 1.59. The minimum Gasteiger partial charge on any atom is -0.494 e. The lowest BCUT2D eigenvalue weighted by Crippen LogP contribution is -2.34. The van der Waals surface area contributed by atoms with E-state index in [1.165, 1.54) is 0 Å². The molecule has 0 radical (unpaired) electrons. The Morgan fingerprint density at radius 1 is 1.10 bits per heavy atom. The molecule has 0 spiro atoms. The second-order valence-electron chi connectivity index (χ2n) is 7.37. The summed E-state index contributed by atoms with van der Waals surface area (Å²) in [5.41, 5.74) is 3.10. The molecule has 0 atom stereocenters. The number of anilines is 1. The third-order valence-electron chi connectivity index (χ3n) is 4.72. The first kappa shape index (κ1) is 21.3. The molecule has 3 aromatic rings. The predicted octanol–water partition coefficient (Wildman–Crippen LogP) is 4.53. The van der Waals surface area contributed by atoms with E-state index in [0.717, 1.165) is 45.2 Å². The van der Waals surface area contributed by atoms with Crippen molar-refractivity contribution in [2.24, 2.45) is 0 Å². The van der Waals surface area contributed by atoms with E-state index in [1.807, 2.05) is 56.3 Å². The number of aromatic nitrogens is 1. The lowest BCUT2D eigenvalue weighted by atomic mass is 10.1. The van der Waals surface area contributed by atoms with Crippen molar-refractivity contribution in [2.45, 2.75) is 26.7 Å². The standard InChI is InChI=1S/C23H29N3O2S/c1-5-28-19-12-10-18(11-13-19)16-21(27)26(15-7-14-25(3)4)23-24-22-17(2)8-6-9-20(22)29-23/h6,8-13H,5,7,14-16H2,1-4H3. The van der Waals surface area contributed by atoms with E-state index in [4.69, 9.17) is 9.72 Å². The van der Waals surface area contributed by atoms with Crippen LogP contribution in [0.1, 0.15) is 24.5 Å². The largest absolute Gasteiger partial charge is 0.494 e. The average Bonchev–Trinajstić information content (AvgIpc) is 3.12. The molecule has 5 nitrogen and oxygen atoms in total. The maximum Gasteiger partial charge on any atom is 0.233 e. The molecule has 29 heavy (non-hydrogen) atoms. The van der Waals surface area contributed by atoms with Gasteiger partial charge in [0.15, 0.2) is 5.13 Å². The van der Waals surface area contributed by atoms with Gasteiger partial charge in [0, 0.05) is 6.54 Å². The SMILES string of the molecule is CCOc1ccc(CC(=O)N(CCCN(C)C)c2nc3c(C)cccc3s2)cc1. The number of nitrogens with zero attached hydrogens (tertiary/aromatic N) is 3. The highest BCUT2D eigenvalue weighted by atomic mass is 32.1. The van der Waals surface area contributed by atoms with Gasteiger partial charge in [-0.1, -0.05) is 35.6 Å². The molecule has 6 heteroatoms. The van der Waals surface area contributed by atoms with Gasteiger partial charge in [-0.3, -0.25) is 9.69 Å². The topological polar surface area (TPSA) is 45.7 Å². The maximum absolute atomic E-state index is 13.2. The minimum absolute atomic E-state index is 0.0737. The molecule has 0 aliphatic carbocycles. The van der Waals surface area contributed by atoms with Crippen molar-refractivity contribution < 1.29 is 9.53 Å². The lowest BCUT2D eigenvalue weighted by Gasteiger charge is -2.21. The molecule has 0 fully saturated rings. The zero-order valence-electron chi connectivity index (χ0n) is 17.6. The molecule has 0 aliphatic heterocycles. The van der Waals surface area contributed by atoms with Gasteiger partial charge in [0.1, 0.15) is 5.75 Å². The summed E-state index contributed by atoms with van der Waals surface area (Å²) in [4.78, 5) is 22.0. The molecule has 1 aromatic heterocycles. The minimum atomic E-state index is 0.0737.